The van der Waals surface area contributed by atoms with Crippen LogP contribution in [-0.4, -0.2) is 20.9 Å². The summed E-state index contributed by atoms with van der Waals surface area (Å²) in [7, 11) is 0. The Morgan fingerprint density at radius 3 is 3.00 bits per heavy atom. The molecule has 3 heterocycles. The van der Waals surface area contributed by atoms with E-state index in [-0.39, 0.29) is 0 Å². The average Bonchev–Trinajstić information content (AvgIpc) is 2.77. The first-order valence-corrected chi connectivity index (χ1v) is 8.40. The number of hydrogen-bond donors (Lipinski definition) is 0. The highest BCUT2D eigenvalue weighted by Gasteiger charge is 2.40. The summed E-state index contributed by atoms with van der Waals surface area (Å²) in [6.07, 6.45) is 5.39. The first-order chi connectivity index (χ1) is 10.6. The highest BCUT2D eigenvalue weighted by molar-refractivity contribution is 6.42. The van der Waals surface area contributed by atoms with Gasteiger partial charge in [-0.1, -0.05) is 35.3 Å². The maximum Gasteiger partial charge on any atom is 0.125 e. The third-order valence-electron chi connectivity index (χ3n) is 4.84. The molecule has 1 saturated heterocycles. The molecule has 22 heavy (non-hydrogen) atoms. The number of nitrogens with zero attached hydrogens (tertiary/aromatic N) is 3. The van der Waals surface area contributed by atoms with Crippen molar-refractivity contribution in [1.29, 1.82) is 0 Å². The standard InChI is InChI=1S/C17H17Cl2N3/c1-10-20-8-13-15(21-10)7-12-5-6-16(13)22(12)9-11-3-2-4-14(18)17(11)19/h2-4,8,12,16H,5-7,9H2,1H3/t12-,16-/m1/s1. The van der Waals surface area contributed by atoms with Gasteiger partial charge >= 0.3 is 0 Å². The van der Waals surface area contributed by atoms with Crippen LogP contribution in [0.1, 0.15) is 41.5 Å². The highest BCUT2D eigenvalue weighted by Crippen LogP contribution is 2.44. The molecule has 1 fully saturated rings. The van der Waals surface area contributed by atoms with Crippen molar-refractivity contribution in [3.63, 3.8) is 0 Å². The zero-order valence-corrected chi connectivity index (χ0v) is 13.9. The van der Waals surface area contributed by atoms with Crippen LogP contribution in [0.15, 0.2) is 24.4 Å². The van der Waals surface area contributed by atoms with Crippen LogP contribution < -0.4 is 0 Å². The second-order valence-corrected chi connectivity index (χ2v) is 6.94. The Kier molecular flexibility index (Phi) is 3.60. The van der Waals surface area contributed by atoms with Crippen LogP contribution >= 0.6 is 23.2 Å². The number of benzene rings is 1. The SMILES string of the molecule is Cc1ncc2c(n1)C[C@H]1CC[C@H]2N1Cc1cccc(Cl)c1Cl. The van der Waals surface area contributed by atoms with Gasteiger partial charge in [0.2, 0.25) is 0 Å². The Hall–Kier alpha value is -1.16. The van der Waals surface area contributed by atoms with E-state index in [4.69, 9.17) is 23.2 Å². The van der Waals surface area contributed by atoms with Crippen molar-refractivity contribution in [2.75, 3.05) is 0 Å². The largest absolute Gasteiger partial charge is 0.289 e. The summed E-state index contributed by atoms with van der Waals surface area (Å²) in [6.45, 7) is 2.79. The Labute approximate surface area is 140 Å². The lowest BCUT2D eigenvalue weighted by Crippen LogP contribution is -2.37. The lowest BCUT2D eigenvalue weighted by atomic mass is 9.98. The monoisotopic (exact) mass is 333 g/mol. The molecule has 2 bridgehead atoms. The molecule has 0 radical (unpaired) electrons. The zero-order chi connectivity index (χ0) is 15.3. The van der Waals surface area contributed by atoms with E-state index in [1.165, 1.54) is 24.1 Å². The average molecular weight is 334 g/mol. The lowest BCUT2D eigenvalue weighted by Gasteiger charge is -2.35. The summed E-state index contributed by atoms with van der Waals surface area (Å²) >= 11 is 12.5. The number of aromatic nitrogens is 2. The topological polar surface area (TPSA) is 29.0 Å². The molecule has 5 heteroatoms. The van der Waals surface area contributed by atoms with Gasteiger partial charge in [-0.05, 0) is 31.4 Å². The van der Waals surface area contributed by atoms with Crippen LogP contribution in [0.5, 0.6) is 0 Å². The molecule has 1 aromatic heterocycles. The molecule has 1 aromatic carbocycles. The summed E-state index contributed by atoms with van der Waals surface area (Å²) in [5.74, 6) is 0.865. The van der Waals surface area contributed by atoms with Crippen molar-refractivity contribution in [2.45, 2.75) is 44.8 Å². The van der Waals surface area contributed by atoms with E-state index in [2.05, 4.69) is 20.9 Å². The van der Waals surface area contributed by atoms with E-state index in [9.17, 15) is 0 Å². The summed E-state index contributed by atoms with van der Waals surface area (Å²) in [6, 6.07) is 6.82. The van der Waals surface area contributed by atoms with Gasteiger partial charge in [0.25, 0.3) is 0 Å². The van der Waals surface area contributed by atoms with E-state index < -0.39 is 0 Å². The van der Waals surface area contributed by atoms with Crippen LogP contribution in [0.2, 0.25) is 10.0 Å². The summed E-state index contributed by atoms with van der Waals surface area (Å²) in [5.41, 5.74) is 3.62. The smallest absolute Gasteiger partial charge is 0.125 e. The van der Waals surface area contributed by atoms with Crippen molar-refractivity contribution in [3.05, 3.63) is 57.1 Å². The number of hydrogen-bond acceptors (Lipinski definition) is 3. The fourth-order valence-electron chi connectivity index (χ4n) is 3.79. The van der Waals surface area contributed by atoms with Gasteiger partial charge in [0, 0.05) is 36.8 Å². The maximum absolute atomic E-state index is 6.37. The Bertz CT molecular complexity index is 732. The van der Waals surface area contributed by atoms with Gasteiger partial charge in [-0.15, -0.1) is 0 Å². The number of halogens is 2. The molecule has 3 nitrogen and oxygen atoms in total. The molecule has 2 atom stereocenters. The third kappa shape index (κ3) is 2.32. The predicted molar refractivity (Wildman–Crippen MR) is 88.2 cm³/mol. The minimum absolute atomic E-state index is 0.407. The quantitative estimate of drug-likeness (QED) is 0.817. The van der Waals surface area contributed by atoms with Crippen LogP contribution in [0.25, 0.3) is 0 Å². The normalized spacial score (nSPS) is 23.6. The molecule has 0 spiro atoms. The molecular weight excluding hydrogens is 317 g/mol. The van der Waals surface area contributed by atoms with E-state index in [0.29, 0.717) is 22.1 Å². The zero-order valence-electron chi connectivity index (χ0n) is 12.4. The van der Waals surface area contributed by atoms with Crippen LogP contribution in [0.3, 0.4) is 0 Å². The lowest BCUT2D eigenvalue weighted by molar-refractivity contribution is 0.166. The molecule has 2 aliphatic rings. The number of fused-ring (bicyclic) bond motifs is 4. The van der Waals surface area contributed by atoms with Crippen LogP contribution in [0, 0.1) is 6.92 Å². The van der Waals surface area contributed by atoms with Gasteiger partial charge in [0.15, 0.2) is 0 Å². The second kappa shape index (κ2) is 5.48. The van der Waals surface area contributed by atoms with Gasteiger partial charge in [-0.25, -0.2) is 9.97 Å². The van der Waals surface area contributed by atoms with E-state index in [1.54, 1.807) is 0 Å². The fraction of sp³-hybridized carbons (Fsp3) is 0.412. The Balaban J connectivity index is 1.67. The van der Waals surface area contributed by atoms with Crippen molar-refractivity contribution in [2.24, 2.45) is 0 Å². The molecule has 4 rings (SSSR count). The maximum atomic E-state index is 6.37. The van der Waals surface area contributed by atoms with E-state index in [0.717, 1.165) is 24.4 Å². The second-order valence-electron chi connectivity index (χ2n) is 6.16. The Morgan fingerprint density at radius 1 is 1.27 bits per heavy atom. The number of aryl methyl sites for hydroxylation is 1. The van der Waals surface area contributed by atoms with Crippen molar-refractivity contribution in [1.82, 2.24) is 14.9 Å². The molecule has 0 saturated carbocycles. The molecular formula is C17H17Cl2N3. The third-order valence-corrected chi connectivity index (χ3v) is 5.69. The fourth-order valence-corrected chi connectivity index (χ4v) is 4.17. The van der Waals surface area contributed by atoms with Crippen molar-refractivity contribution >= 4 is 23.2 Å². The first kappa shape index (κ1) is 14.4. The molecule has 0 unspecified atom stereocenters. The van der Waals surface area contributed by atoms with Gasteiger partial charge in [0.1, 0.15) is 5.82 Å². The molecule has 2 aliphatic heterocycles. The van der Waals surface area contributed by atoms with Crippen molar-refractivity contribution in [3.8, 4) is 0 Å². The number of rotatable bonds is 2. The molecule has 0 N–H and O–H groups in total. The van der Waals surface area contributed by atoms with Gasteiger partial charge in [-0.3, -0.25) is 4.90 Å². The van der Waals surface area contributed by atoms with E-state index >= 15 is 0 Å². The highest BCUT2D eigenvalue weighted by atomic mass is 35.5. The van der Waals surface area contributed by atoms with Crippen LogP contribution in [0.4, 0.5) is 0 Å². The minimum Gasteiger partial charge on any atom is -0.289 e. The summed E-state index contributed by atoms with van der Waals surface area (Å²) in [5, 5.41) is 1.30. The van der Waals surface area contributed by atoms with Crippen molar-refractivity contribution < 1.29 is 0 Å². The molecule has 0 aliphatic carbocycles. The summed E-state index contributed by atoms with van der Waals surface area (Å²) < 4.78 is 0. The van der Waals surface area contributed by atoms with Gasteiger partial charge in [-0.2, -0.15) is 0 Å². The van der Waals surface area contributed by atoms with Gasteiger partial charge < -0.3 is 0 Å². The molecule has 0 amide bonds. The minimum atomic E-state index is 0.407. The van der Waals surface area contributed by atoms with Crippen LogP contribution in [-0.2, 0) is 13.0 Å². The Morgan fingerprint density at radius 2 is 2.14 bits per heavy atom. The van der Waals surface area contributed by atoms with Gasteiger partial charge in [0.05, 0.1) is 15.7 Å². The molecule has 114 valence electrons. The first-order valence-electron chi connectivity index (χ1n) is 7.64. The molecule has 2 aromatic rings. The summed E-state index contributed by atoms with van der Waals surface area (Å²) in [4.78, 5) is 11.6. The van der Waals surface area contributed by atoms with E-state index in [1.807, 2.05) is 25.3 Å². The predicted octanol–water partition coefficient (Wildman–Crippen LogP) is 4.35.